The predicted molar refractivity (Wildman–Crippen MR) is 113 cm³/mol. The van der Waals surface area contributed by atoms with E-state index >= 15 is 0 Å². The molecule has 0 saturated heterocycles. The lowest BCUT2D eigenvalue weighted by Crippen LogP contribution is -2.30. The molecule has 2 N–H and O–H groups in total. The molecule has 5 heteroatoms. The van der Waals surface area contributed by atoms with Crippen LogP contribution >= 0.6 is 11.6 Å². The van der Waals surface area contributed by atoms with E-state index in [0.717, 1.165) is 27.9 Å². The number of Topliss-reactive ketones (excluding diaryl/α,β-unsaturated/α-hetero) is 1. The molecule has 0 saturated carbocycles. The van der Waals surface area contributed by atoms with Crippen molar-refractivity contribution in [1.29, 1.82) is 0 Å². The second-order valence-corrected chi connectivity index (χ2v) is 7.09. The molecule has 4 aromatic rings. The van der Waals surface area contributed by atoms with Gasteiger partial charge in [-0.2, -0.15) is 5.10 Å². The number of aromatic amines is 1. The molecule has 0 aliphatic rings. The molecule has 0 bridgehead atoms. The van der Waals surface area contributed by atoms with Gasteiger partial charge in [-0.05, 0) is 35.7 Å². The van der Waals surface area contributed by atoms with Gasteiger partial charge in [0.15, 0.2) is 0 Å². The van der Waals surface area contributed by atoms with Gasteiger partial charge >= 0.3 is 0 Å². The van der Waals surface area contributed by atoms with E-state index in [9.17, 15) is 4.79 Å². The third-order valence-electron chi connectivity index (χ3n) is 4.77. The number of nitrogens with one attached hydrogen (secondary N) is 2. The first-order valence-corrected chi connectivity index (χ1v) is 9.60. The lowest BCUT2D eigenvalue weighted by atomic mass is 9.98. The van der Waals surface area contributed by atoms with Gasteiger partial charge in [0, 0.05) is 17.0 Å². The van der Waals surface area contributed by atoms with Crippen LogP contribution in [0.25, 0.3) is 10.9 Å². The molecule has 0 amide bonds. The molecular weight excluding hydrogens is 370 g/mol. The van der Waals surface area contributed by atoms with E-state index in [1.165, 1.54) is 5.56 Å². The molecule has 0 aliphatic carbocycles. The number of benzene rings is 3. The maximum Gasteiger partial charge on any atom is 0.205 e. The van der Waals surface area contributed by atoms with Crippen molar-refractivity contribution in [3.63, 3.8) is 0 Å². The highest BCUT2D eigenvalue weighted by molar-refractivity contribution is 6.30. The largest absolute Gasteiger partial charge is 0.303 e. The first-order valence-electron chi connectivity index (χ1n) is 9.22. The second kappa shape index (κ2) is 8.38. The van der Waals surface area contributed by atoms with Gasteiger partial charge < -0.3 is 5.32 Å². The number of rotatable bonds is 7. The highest BCUT2D eigenvalue weighted by Gasteiger charge is 2.25. The van der Waals surface area contributed by atoms with Gasteiger partial charge in [0.1, 0.15) is 5.69 Å². The molecule has 1 unspecified atom stereocenters. The van der Waals surface area contributed by atoms with Gasteiger partial charge in [-0.15, -0.1) is 0 Å². The molecule has 1 atom stereocenters. The topological polar surface area (TPSA) is 57.8 Å². The summed E-state index contributed by atoms with van der Waals surface area (Å²) in [6.07, 6.45) is 0.801. The summed E-state index contributed by atoms with van der Waals surface area (Å²) in [7, 11) is 0. The summed E-state index contributed by atoms with van der Waals surface area (Å²) in [5.41, 5.74) is 3.42. The number of carbonyl (C=O) groups excluding carboxylic acids is 1. The standard InChI is InChI=1S/C23H20ClN3O/c24-18-12-10-16(11-13-18)14-15-25-21(17-6-2-1-3-7-17)23(28)22-19-8-4-5-9-20(19)26-27-22/h1-13,21,25H,14-15H2,(H,26,27). The Morgan fingerprint density at radius 3 is 2.46 bits per heavy atom. The number of fused-ring (bicyclic) bond motifs is 1. The average Bonchev–Trinajstić information content (AvgIpc) is 3.17. The quantitative estimate of drug-likeness (QED) is 0.438. The minimum absolute atomic E-state index is 0.0419. The minimum atomic E-state index is -0.458. The van der Waals surface area contributed by atoms with E-state index in [4.69, 9.17) is 11.6 Å². The van der Waals surface area contributed by atoms with Crippen LogP contribution in [0.2, 0.25) is 5.02 Å². The van der Waals surface area contributed by atoms with Crippen LogP contribution in [0, 0.1) is 0 Å². The molecule has 0 fully saturated rings. The van der Waals surface area contributed by atoms with E-state index in [1.54, 1.807) is 0 Å². The van der Waals surface area contributed by atoms with Gasteiger partial charge in [-0.1, -0.05) is 72.3 Å². The SMILES string of the molecule is O=C(c1n[nH]c2ccccc12)C(NCCc1ccc(Cl)cc1)c1ccccc1. The molecular formula is C23H20ClN3O. The van der Waals surface area contributed by atoms with E-state index in [1.807, 2.05) is 78.9 Å². The first kappa shape index (κ1) is 18.4. The third kappa shape index (κ3) is 3.98. The smallest absolute Gasteiger partial charge is 0.205 e. The number of nitrogens with zero attached hydrogens (tertiary/aromatic N) is 1. The summed E-state index contributed by atoms with van der Waals surface area (Å²) in [5, 5.41) is 12.2. The number of halogens is 1. The molecule has 1 aromatic heterocycles. The van der Waals surface area contributed by atoms with Crippen molar-refractivity contribution in [2.75, 3.05) is 6.54 Å². The fourth-order valence-corrected chi connectivity index (χ4v) is 3.43. The zero-order chi connectivity index (χ0) is 19.3. The Bertz CT molecular complexity index is 1070. The summed E-state index contributed by atoms with van der Waals surface area (Å²) in [6, 6.07) is 24.8. The zero-order valence-corrected chi connectivity index (χ0v) is 16.0. The van der Waals surface area contributed by atoms with Gasteiger partial charge in [0.2, 0.25) is 5.78 Å². The summed E-state index contributed by atoms with van der Waals surface area (Å²) in [4.78, 5) is 13.3. The number of ketones is 1. The summed E-state index contributed by atoms with van der Waals surface area (Å²) in [5.74, 6) is -0.0419. The van der Waals surface area contributed by atoms with Crippen LogP contribution < -0.4 is 5.32 Å². The number of H-pyrrole nitrogens is 1. The molecule has 4 rings (SSSR count). The molecule has 140 valence electrons. The van der Waals surface area contributed by atoms with E-state index in [2.05, 4.69) is 15.5 Å². The van der Waals surface area contributed by atoms with Crippen molar-refractivity contribution in [2.45, 2.75) is 12.5 Å². The molecule has 0 spiro atoms. The number of para-hydroxylation sites is 1. The maximum atomic E-state index is 13.3. The van der Waals surface area contributed by atoms with E-state index in [-0.39, 0.29) is 5.78 Å². The van der Waals surface area contributed by atoms with Crippen molar-refractivity contribution in [2.24, 2.45) is 0 Å². The fraction of sp³-hybridized carbons (Fsp3) is 0.130. The van der Waals surface area contributed by atoms with Crippen molar-refractivity contribution < 1.29 is 4.79 Å². The van der Waals surface area contributed by atoms with Gasteiger partial charge in [-0.25, -0.2) is 0 Å². The van der Waals surface area contributed by atoms with Gasteiger partial charge in [-0.3, -0.25) is 9.89 Å². The number of aromatic nitrogens is 2. The van der Waals surface area contributed by atoms with Crippen molar-refractivity contribution in [3.8, 4) is 0 Å². The molecule has 0 aliphatic heterocycles. The lowest BCUT2D eigenvalue weighted by molar-refractivity contribution is 0.0940. The highest BCUT2D eigenvalue weighted by atomic mass is 35.5. The average molecular weight is 390 g/mol. The molecule has 4 nitrogen and oxygen atoms in total. The monoisotopic (exact) mass is 389 g/mol. The van der Waals surface area contributed by atoms with Crippen LogP contribution in [-0.2, 0) is 6.42 Å². The number of carbonyl (C=O) groups is 1. The van der Waals surface area contributed by atoms with Gasteiger partial charge in [0.05, 0.1) is 11.6 Å². The van der Waals surface area contributed by atoms with Crippen molar-refractivity contribution in [3.05, 3.63) is 101 Å². The summed E-state index contributed by atoms with van der Waals surface area (Å²) < 4.78 is 0. The highest BCUT2D eigenvalue weighted by Crippen LogP contribution is 2.23. The predicted octanol–water partition coefficient (Wildman–Crippen LogP) is 4.97. The number of hydrogen-bond donors (Lipinski definition) is 2. The lowest BCUT2D eigenvalue weighted by Gasteiger charge is -2.17. The Morgan fingerprint density at radius 1 is 0.964 bits per heavy atom. The van der Waals surface area contributed by atoms with Crippen LogP contribution in [0.3, 0.4) is 0 Å². The number of hydrogen-bond acceptors (Lipinski definition) is 3. The summed E-state index contributed by atoms with van der Waals surface area (Å²) >= 11 is 5.95. The van der Waals surface area contributed by atoms with Crippen LogP contribution in [0.4, 0.5) is 0 Å². The Kier molecular flexibility index (Phi) is 5.51. The maximum absolute atomic E-state index is 13.3. The van der Waals surface area contributed by atoms with Crippen molar-refractivity contribution in [1.82, 2.24) is 15.5 Å². The molecule has 3 aromatic carbocycles. The Hall–Kier alpha value is -2.95. The fourth-order valence-electron chi connectivity index (χ4n) is 3.31. The van der Waals surface area contributed by atoms with Crippen molar-refractivity contribution >= 4 is 28.3 Å². The Morgan fingerprint density at radius 2 is 1.68 bits per heavy atom. The third-order valence-corrected chi connectivity index (χ3v) is 5.03. The molecule has 1 heterocycles. The summed E-state index contributed by atoms with van der Waals surface area (Å²) in [6.45, 7) is 0.662. The molecule has 0 radical (unpaired) electrons. The zero-order valence-electron chi connectivity index (χ0n) is 15.2. The van der Waals surface area contributed by atoms with Crippen LogP contribution in [-0.4, -0.2) is 22.5 Å². The Labute approximate surface area is 168 Å². The van der Waals surface area contributed by atoms with Crippen LogP contribution in [0.1, 0.15) is 27.7 Å². The van der Waals surface area contributed by atoms with Crippen LogP contribution in [0.5, 0.6) is 0 Å². The Balaban J connectivity index is 1.57. The van der Waals surface area contributed by atoms with Gasteiger partial charge in [0.25, 0.3) is 0 Å². The minimum Gasteiger partial charge on any atom is -0.303 e. The molecule has 28 heavy (non-hydrogen) atoms. The van der Waals surface area contributed by atoms with Crippen LogP contribution in [0.15, 0.2) is 78.9 Å². The van der Waals surface area contributed by atoms with E-state index < -0.39 is 6.04 Å². The normalized spacial score (nSPS) is 12.2. The second-order valence-electron chi connectivity index (χ2n) is 6.66. The first-order chi connectivity index (χ1) is 13.7. The van der Waals surface area contributed by atoms with E-state index in [0.29, 0.717) is 12.2 Å².